The lowest BCUT2D eigenvalue weighted by Crippen LogP contribution is -2.20. The molecule has 0 spiro atoms. The molecule has 0 aliphatic carbocycles. The summed E-state index contributed by atoms with van der Waals surface area (Å²) in [6.07, 6.45) is 9.08. The Hall–Kier alpha value is -1.73. The first-order valence-corrected chi connectivity index (χ1v) is 6.73. The number of aromatic amines is 1. The molecule has 6 nitrogen and oxygen atoms in total. The summed E-state index contributed by atoms with van der Waals surface area (Å²) in [6, 6.07) is 0.158. The molecule has 1 atom stereocenters. The first kappa shape index (κ1) is 12.3. The van der Waals surface area contributed by atoms with Crippen molar-refractivity contribution >= 4 is 21.6 Å². The lowest BCUT2D eigenvalue weighted by Gasteiger charge is -2.11. The van der Waals surface area contributed by atoms with Crippen LogP contribution in [0.25, 0.3) is 5.65 Å². The number of hydrogen-bond donors (Lipinski definition) is 2. The molecule has 0 aliphatic heterocycles. The normalized spacial score (nSPS) is 12.9. The molecule has 0 saturated heterocycles. The Kier molecular flexibility index (Phi) is 3.31. The fraction of sp³-hybridized carbons (Fsp3) is 0.250. The molecule has 0 saturated carbocycles. The van der Waals surface area contributed by atoms with Gasteiger partial charge in [0.2, 0.25) is 0 Å². The summed E-state index contributed by atoms with van der Waals surface area (Å²) < 4.78 is 2.80. The van der Waals surface area contributed by atoms with Crippen molar-refractivity contribution in [3.8, 4) is 0 Å². The first-order valence-electron chi connectivity index (χ1n) is 5.94. The summed E-state index contributed by atoms with van der Waals surface area (Å²) in [7, 11) is 0. The van der Waals surface area contributed by atoms with Crippen molar-refractivity contribution in [2.24, 2.45) is 0 Å². The van der Waals surface area contributed by atoms with E-state index in [0.29, 0.717) is 6.54 Å². The van der Waals surface area contributed by atoms with Crippen LogP contribution >= 0.6 is 15.9 Å². The van der Waals surface area contributed by atoms with E-state index in [0.717, 1.165) is 21.8 Å². The number of aromatic nitrogens is 5. The molecule has 3 rings (SSSR count). The van der Waals surface area contributed by atoms with Crippen molar-refractivity contribution in [1.29, 1.82) is 0 Å². The fourth-order valence-corrected chi connectivity index (χ4v) is 2.22. The Morgan fingerprint density at radius 1 is 1.37 bits per heavy atom. The van der Waals surface area contributed by atoms with Crippen molar-refractivity contribution in [3.05, 3.63) is 47.1 Å². The van der Waals surface area contributed by atoms with Crippen LogP contribution in [-0.4, -0.2) is 24.3 Å². The molecule has 2 N–H and O–H groups in total. The molecule has 0 aliphatic rings. The molecule has 0 radical (unpaired) electrons. The largest absolute Gasteiger partial charge is 0.347 e. The molecule has 3 aromatic heterocycles. The lowest BCUT2D eigenvalue weighted by atomic mass is 10.3. The molecule has 0 bridgehead atoms. The van der Waals surface area contributed by atoms with E-state index < -0.39 is 0 Å². The Bertz CT molecular complexity index is 675. The van der Waals surface area contributed by atoms with E-state index in [1.54, 1.807) is 12.4 Å². The second-order valence-corrected chi connectivity index (χ2v) is 5.08. The highest BCUT2D eigenvalue weighted by Gasteiger charge is 2.09. The molecule has 98 valence electrons. The van der Waals surface area contributed by atoms with E-state index in [4.69, 9.17) is 0 Å². The summed E-state index contributed by atoms with van der Waals surface area (Å²) in [6.45, 7) is 2.78. The number of H-pyrrole nitrogens is 1. The van der Waals surface area contributed by atoms with E-state index in [1.807, 2.05) is 23.0 Å². The Morgan fingerprint density at radius 2 is 2.26 bits per heavy atom. The number of nitrogens with one attached hydrogen (secondary N) is 2. The standard InChI is InChI=1S/C12H13BrN6/c1-8(12-14-2-3-15-12)16-4-9-5-18-11-6-17-10(13)7-19(9)11/h2-3,5-8,16H,4H2,1H3,(H,14,15). The van der Waals surface area contributed by atoms with Gasteiger partial charge in [-0.1, -0.05) is 0 Å². The number of imidazole rings is 2. The highest BCUT2D eigenvalue weighted by atomic mass is 79.9. The average Bonchev–Trinajstić information content (AvgIpc) is 3.05. The van der Waals surface area contributed by atoms with Gasteiger partial charge in [0, 0.05) is 25.1 Å². The van der Waals surface area contributed by atoms with Crippen LogP contribution in [0.1, 0.15) is 24.5 Å². The van der Waals surface area contributed by atoms with E-state index >= 15 is 0 Å². The van der Waals surface area contributed by atoms with E-state index in [2.05, 4.69) is 48.1 Å². The van der Waals surface area contributed by atoms with Crippen LogP contribution in [-0.2, 0) is 6.54 Å². The highest BCUT2D eigenvalue weighted by molar-refractivity contribution is 9.10. The monoisotopic (exact) mass is 320 g/mol. The zero-order valence-electron chi connectivity index (χ0n) is 10.3. The fourth-order valence-electron chi connectivity index (χ4n) is 1.92. The average molecular weight is 321 g/mol. The third-order valence-corrected chi connectivity index (χ3v) is 3.37. The Labute approximate surface area is 118 Å². The third-order valence-electron chi connectivity index (χ3n) is 2.96. The van der Waals surface area contributed by atoms with E-state index in [-0.39, 0.29) is 6.04 Å². The van der Waals surface area contributed by atoms with Crippen LogP contribution in [0.15, 0.2) is 35.6 Å². The van der Waals surface area contributed by atoms with Crippen molar-refractivity contribution in [2.45, 2.75) is 19.5 Å². The van der Waals surface area contributed by atoms with Crippen LogP contribution in [0.5, 0.6) is 0 Å². The zero-order valence-corrected chi connectivity index (χ0v) is 11.9. The first-order chi connectivity index (χ1) is 9.24. The van der Waals surface area contributed by atoms with Gasteiger partial charge in [-0.2, -0.15) is 0 Å². The van der Waals surface area contributed by atoms with Crippen molar-refractivity contribution in [2.75, 3.05) is 0 Å². The smallest absolute Gasteiger partial charge is 0.155 e. The van der Waals surface area contributed by atoms with E-state index in [1.165, 1.54) is 0 Å². The molecule has 19 heavy (non-hydrogen) atoms. The van der Waals surface area contributed by atoms with Gasteiger partial charge in [-0.15, -0.1) is 0 Å². The molecule has 7 heteroatoms. The van der Waals surface area contributed by atoms with Gasteiger partial charge in [0.1, 0.15) is 10.4 Å². The SMILES string of the molecule is CC(NCc1cnc2cnc(Br)cn12)c1ncc[nH]1. The summed E-state index contributed by atoms with van der Waals surface area (Å²) >= 11 is 3.37. The lowest BCUT2D eigenvalue weighted by molar-refractivity contribution is 0.543. The van der Waals surface area contributed by atoms with Gasteiger partial charge < -0.3 is 10.3 Å². The van der Waals surface area contributed by atoms with Crippen LogP contribution in [0.3, 0.4) is 0 Å². The number of nitrogens with zero attached hydrogens (tertiary/aromatic N) is 4. The maximum absolute atomic E-state index is 4.32. The summed E-state index contributed by atoms with van der Waals surface area (Å²) in [5, 5.41) is 3.41. The van der Waals surface area contributed by atoms with Gasteiger partial charge >= 0.3 is 0 Å². The van der Waals surface area contributed by atoms with Crippen molar-refractivity contribution < 1.29 is 0 Å². The van der Waals surface area contributed by atoms with Gasteiger partial charge in [-0.25, -0.2) is 15.0 Å². The van der Waals surface area contributed by atoms with E-state index in [9.17, 15) is 0 Å². The topological polar surface area (TPSA) is 70.9 Å². The second-order valence-electron chi connectivity index (χ2n) is 4.26. The van der Waals surface area contributed by atoms with Gasteiger partial charge in [-0.3, -0.25) is 4.40 Å². The number of fused-ring (bicyclic) bond motifs is 1. The Morgan fingerprint density at radius 3 is 3.05 bits per heavy atom. The van der Waals surface area contributed by atoms with Gasteiger partial charge in [0.25, 0.3) is 0 Å². The molecule has 0 fully saturated rings. The quantitative estimate of drug-likeness (QED) is 0.772. The minimum atomic E-state index is 0.158. The minimum Gasteiger partial charge on any atom is -0.347 e. The highest BCUT2D eigenvalue weighted by Crippen LogP contribution is 2.12. The summed E-state index contributed by atoms with van der Waals surface area (Å²) in [5.74, 6) is 0.927. The Balaban J connectivity index is 1.77. The molecule has 3 heterocycles. The predicted molar refractivity (Wildman–Crippen MR) is 74.5 cm³/mol. The maximum atomic E-state index is 4.32. The van der Waals surface area contributed by atoms with Crippen LogP contribution in [0.4, 0.5) is 0 Å². The van der Waals surface area contributed by atoms with Gasteiger partial charge in [0.15, 0.2) is 5.65 Å². The van der Waals surface area contributed by atoms with Crippen molar-refractivity contribution in [1.82, 2.24) is 29.7 Å². The van der Waals surface area contributed by atoms with Gasteiger partial charge in [0.05, 0.1) is 24.1 Å². The molecular formula is C12H13BrN6. The van der Waals surface area contributed by atoms with Crippen LogP contribution < -0.4 is 5.32 Å². The zero-order chi connectivity index (χ0) is 13.2. The molecule has 0 amide bonds. The predicted octanol–water partition coefficient (Wildman–Crippen LogP) is 2.07. The number of hydrogen-bond acceptors (Lipinski definition) is 4. The van der Waals surface area contributed by atoms with Crippen LogP contribution in [0.2, 0.25) is 0 Å². The summed E-state index contributed by atoms with van der Waals surface area (Å²) in [5.41, 5.74) is 1.92. The van der Waals surface area contributed by atoms with Crippen LogP contribution in [0, 0.1) is 0 Å². The molecule has 3 aromatic rings. The molecular weight excluding hydrogens is 308 g/mol. The van der Waals surface area contributed by atoms with Crippen molar-refractivity contribution in [3.63, 3.8) is 0 Å². The molecule has 1 unspecified atom stereocenters. The molecule has 0 aromatic carbocycles. The number of halogens is 1. The summed E-state index contributed by atoms with van der Waals surface area (Å²) in [4.78, 5) is 15.8. The third kappa shape index (κ3) is 2.52. The maximum Gasteiger partial charge on any atom is 0.155 e. The number of rotatable bonds is 4. The van der Waals surface area contributed by atoms with Gasteiger partial charge in [-0.05, 0) is 22.9 Å². The minimum absolute atomic E-state index is 0.158. The second kappa shape index (κ2) is 5.10.